The Kier molecular flexibility index (Phi) is 5.56. The second-order valence-corrected chi connectivity index (χ2v) is 6.27. The van der Waals surface area contributed by atoms with Gasteiger partial charge in [0.25, 0.3) is 5.91 Å². The van der Waals surface area contributed by atoms with E-state index in [9.17, 15) is 4.79 Å². The van der Waals surface area contributed by atoms with Crippen LogP contribution >= 0.6 is 0 Å². The molecule has 0 saturated carbocycles. The molecule has 3 rings (SSSR count). The van der Waals surface area contributed by atoms with Gasteiger partial charge < -0.3 is 9.64 Å². The summed E-state index contributed by atoms with van der Waals surface area (Å²) in [6.45, 7) is 6.80. The van der Waals surface area contributed by atoms with Crippen LogP contribution in [-0.4, -0.2) is 46.1 Å². The van der Waals surface area contributed by atoms with Crippen LogP contribution in [0.5, 0.6) is 0 Å². The first-order valence-electron chi connectivity index (χ1n) is 8.54. The van der Waals surface area contributed by atoms with Gasteiger partial charge in [0, 0.05) is 30.8 Å². The van der Waals surface area contributed by atoms with E-state index in [1.54, 1.807) is 18.5 Å². The number of pyridine rings is 2. The molecule has 5 heteroatoms. The van der Waals surface area contributed by atoms with E-state index in [-0.39, 0.29) is 18.1 Å². The van der Waals surface area contributed by atoms with Gasteiger partial charge in [0.05, 0.1) is 24.3 Å². The van der Waals surface area contributed by atoms with E-state index in [2.05, 4.69) is 16.5 Å². The maximum Gasteiger partial charge on any atom is 0.255 e. The highest BCUT2D eigenvalue weighted by Crippen LogP contribution is 2.26. The summed E-state index contributed by atoms with van der Waals surface area (Å²) < 4.78 is 5.92. The second kappa shape index (κ2) is 8.03. The fraction of sp³-hybridized carbons (Fsp3) is 0.350. The lowest BCUT2D eigenvalue weighted by molar-refractivity contribution is 0.0379. The molecule has 1 fully saturated rings. The van der Waals surface area contributed by atoms with Crippen molar-refractivity contribution in [3.8, 4) is 0 Å². The number of hydrogen-bond donors (Lipinski definition) is 0. The van der Waals surface area contributed by atoms with Crippen molar-refractivity contribution in [2.45, 2.75) is 31.9 Å². The maximum atomic E-state index is 13.0. The summed E-state index contributed by atoms with van der Waals surface area (Å²) in [4.78, 5) is 23.3. The highest BCUT2D eigenvalue weighted by atomic mass is 16.5. The van der Waals surface area contributed by atoms with E-state index < -0.39 is 0 Å². The molecule has 0 spiro atoms. The van der Waals surface area contributed by atoms with E-state index in [0.29, 0.717) is 18.7 Å². The number of carbonyl (C=O) groups is 1. The molecule has 3 heterocycles. The Morgan fingerprint density at radius 2 is 2.28 bits per heavy atom. The fourth-order valence-corrected chi connectivity index (χ4v) is 3.23. The van der Waals surface area contributed by atoms with Crippen LogP contribution in [0.1, 0.15) is 28.0 Å². The van der Waals surface area contributed by atoms with Crippen molar-refractivity contribution in [1.29, 1.82) is 0 Å². The average Bonchev–Trinajstić information content (AvgIpc) is 3.03. The number of hydrogen-bond acceptors (Lipinski definition) is 4. The van der Waals surface area contributed by atoms with Gasteiger partial charge in [-0.3, -0.25) is 14.8 Å². The van der Waals surface area contributed by atoms with Crippen LogP contribution in [0, 0.1) is 6.92 Å². The Morgan fingerprint density at radius 3 is 2.96 bits per heavy atom. The van der Waals surface area contributed by atoms with Gasteiger partial charge in [-0.1, -0.05) is 12.1 Å². The number of carbonyl (C=O) groups excluding carboxylic acids is 1. The standard InChI is InChI=1S/C20H23N3O2/c1-3-11-25-19-8-10-23(18(19)12-16-5-4-9-21-13-16)20(24)17-7-6-15(2)22-14-17/h3-7,9,13-14,18-19H,1,8,10-12H2,2H3/t18-,19-/m0/s1. The molecule has 25 heavy (non-hydrogen) atoms. The van der Waals surface area contributed by atoms with Crippen LogP contribution in [-0.2, 0) is 11.2 Å². The van der Waals surface area contributed by atoms with E-state index in [0.717, 1.165) is 24.1 Å². The van der Waals surface area contributed by atoms with E-state index in [1.807, 2.05) is 42.3 Å². The minimum atomic E-state index is -0.0158. The SMILES string of the molecule is C=CCO[C@H]1CCN(C(=O)c2ccc(C)nc2)[C@H]1Cc1cccnc1. The number of aryl methyl sites for hydroxylation is 1. The van der Waals surface area contributed by atoms with Crippen molar-refractivity contribution in [3.05, 3.63) is 72.3 Å². The zero-order chi connectivity index (χ0) is 17.6. The number of nitrogens with zero attached hydrogens (tertiary/aromatic N) is 3. The summed E-state index contributed by atoms with van der Waals surface area (Å²) in [5.74, 6) is 0.00564. The largest absolute Gasteiger partial charge is 0.372 e. The zero-order valence-electron chi connectivity index (χ0n) is 14.5. The highest BCUT2D eigenvalue weighted by molar-refractivity contribution is 5.94. The first-order valence-corrected chi connectivity index (χ1v) is 8.54. The predicted octanol–water partition coefficient (Wildman–Crippen LogP) is 2.81. The van der Waals surface area contributed by atoms with Gasteiger partial charge in [0.15, 0.2) is 0 Å². The van der Waals surface area contributed by atoms with Gasteiger partial charge in [0.1, 0.15) is 0 Å². The predicted molar refractivity (Wildman–Crippen MR) is 96.3 cm³/mol. The lowest BCUT2D eigenvalue weighted by atomic mass is 10.0. The average molecular weight is 337 g/mol. The molecule has 0 aromatic carbocycles. The van der Waals surface area contributed by atoms with Crippen molar-refractivity contribution >= 4 is 5.91 Å². The number of ether oxygens (including phenoxy) is 1. The molecule has 2 aromatic rings. The van der Waals surface area contributed by atoms with Crippen LogP contribution < -0.4 is 0 Å². The van der Waals surface area contributed by atoms with Crippen molar-refractivity contribution < 1.29 is 9.53 Å². The van der Waals surface area contributed by atoms with Crippen LogP contribution in [0.2, 0.25) is 0 Å². The molecule has 2 atom stereocenters. The first kappa shape index (κ1) is 17.3. The Labute approximate surface area is 148 Å². The normalized spacial score (nSPS) is 19.8. The van der Waals surface area contributed by atoms with Crippen molar-refractivity contribution in [2.24, 2.45) is 0 Å². The summed E-state index contributed by atoms with van der Waals surface area (Å²) in [7, 11) is 0. The third kappa shape index (κ3) is 4.12. The molecule has 0 aliphatic carbocycles. The van der Waals surface area contributed by atoms with Gasteiger partial charge in [-0.05, 0) is 43.5 Å². The van der Waals surface area contributed by atoms with Crippen LogP contribution in [0.15, 0.2) is 55.5 Å². The third-order valence-corrected chi connectivity index (χ3v) is 4.50. The van der Waals surface area contributed by atoms with Crippen LogP contribution in [0.4, 0.5) is 0 Å². The molecule has 1 aliphatic heterocycles. The van der Waals surface area contributed by atoms with Gasteiger partial charge >= 0.3 is 0 Å². The molecule has 0 radical (unpaired) electrons. The lowest BCUT2D eigenvalue weighted by Crippen LogP contribution is -2.42. The maximum absolute atomic E-state index is 13.0. The van der Waals surface area contributed by atoms with Crippen LogP contribution in [0.25, 0.3) is 0 Å². The van der Waals surface area contributed by atoms with Crippen molar-refractivity contribution in [1.82, 2.24) is 14.9 Å². The first-order chi connectivity index (χ1) is 12.2. The van der Waals surface area contributed by atoms with Gasteiger partial charge in [-0.25, -0.2) is 0 Å². The number of rotatable bonds is 6. The Balaban J connectivity index is 1.81. The number of likely N-dealkylation sites (tertiary alicyclic amines) is 1. The Bertz CT molecular complexity index is 715. The van der Waals surface area contributed by atoms with Crippen molar-refractivity contribution in [3.63, 3.8) is 0 Å². The smallest absolute Gasteiger partial charge is 0.255 e. The topological polar surface area (TPSA) is 55.3 Å². The fourth-order valence-electron chi connectivity index (χ4n) is 3.23. The van der Waals surface area contributed by atoms with Crippen molar-refractivity contribution in [2.75, 3.05) is 13.2 Å². The summed E-state index contributed by atoms with van der Waals surface area (Å²) in [6.07, 6.45) is 8.54. The summed E-state index contributed by atoms with van der Waals surface area (Å²) >= 11 is 0. The van der Waals surface area contributed by atoms with E-state index in [1.165, 1.54) is 0 Å². The molecule has 1 saturated heterocycles. The Hall–Kier alpha value is -2.53. The number of aromatic nitrogens is 2. The second-order valence-electron chi connectivity index (χ2n) is 6.27. The minimum Gasteiger partial charge on any atom is -0.372 e. The molecule has 2 aromatic heterocycles. The zero-order valence-corrected chi connectivity index (χ0v) is 14.5. The summed E-state index contributed by atoms with van der Waals surface area (Å²) in [5.41, 5.74) is 2.62. The molecule has 130 valence electrons. The van der Waals surface area contributed by atoms with E-state index >= 15 is 0 Å². The van der Waals surface area contributed by atoms with E-state index in [4.69, 9.17) is 4.74 Å². The molecular formula is C20H23N3O2. The van der Waals surface area contributed by atoms with Crippen LogP contribution in [0.3, 0.4) is 0 Å². The summed E-state index contributed by atoms with van der Waals surface area (Å²) in [6, 6.07) is 7.64. The molecule has 1 aliphatic rings. The quantitative estimate of drug-likeness (QED) is 0.761. The van der Waals surface area contributed by atoms with Gasteiger partial charge in [-0.2, -0.15) is 0 Å². The Morgan fingerprint density at radius 1 is 1.40 bits per heavy atom. The highest BCUT2D eigenvalue weighted by Gasteiger charge is 2.38. The molecule has 0 N–H and O–H groups in total. The van der Waals surface area contributed by atoms with Gasteiger partial charge in [-0.15, -0.1) is 6.58 Å². The minimum absolute atomic E-state index is 0.000522. The third-order valence-electron chi connectivity index (χ3n) is 4.50. The summed E-state index contributed by atoms with van der Waals surface area (Å²) in [5, 5.41) is 0. The van der Waals surface area contributed by atoms with Gasteiger partial charge in [0.2, 0.25) is 0 Å². The monoisotopic (exact) mass is 337 g/mol. The molecule has 0 unspecified atom stereocenters. The molecule has 5 nitrogen and oxygen atoms in total. The lowest BCUT2D eigenvalue weighted by Gasteiger charge is -2.28. The molecule has 0 bridgehead atoms. The molecular weight excluding hydrogens is 314 g/mol. The number of amides is 1. The molecule has 1 amide bonds.